The zero-order chi connectivity index (χ0) is 11.2. The molecule has 1 aliphatic carbocycles. The van der Waals surface area contributed by atoms with Gasteiger partial charge in [0.15, 0.2) is 0 Å². The summed E-state index contributed by atoms with van der Waals surface area (Å²) >= 11 is 0. The Labute approximate surface area is 89.6 Å². The van der Waals surface area contributed by atoms with Crippen LogP contribution in [0.3, 0.4) is 0 Å². The van der Waals surface area contributed by atoms with Crippen molar-refractivity contribution in [2.24, 2.45) is 23.0 Å². The Morgan fingerprint density at radius 3 is 2.40 bits per heavy atom. The third kappa shape index (κ3) is 1.35. The largest absolute Gasteiger partial charge is 0.404 e. The molecule has 2 fully saturated rings. The summed E-state index contributed by atoms with van der Waals surface area (Å²) in [6.45, 7) is 6.14. The molecule has 1 heterocycles. The van der Waals surface area contributed by atoms with E-state index in [4.69, 9.17) is 11.1 Å². The molecule has 4 nitrogen and oxygen atoms in total. The minimum Gasteiger partial charge on any atom is -0.404 e. The highest BCUT2D eigenvalue weighted by molar-refractivity contribution is 6.11. The lowest BCUT2D eigenvalue weighted by Crippen LogP contribution is -2.34. The second kappa shape index (κ2) is 3.08. The van der Waals surface area contributed by atoms with Crippen molar-refractivity contribution in [2.75, 3.05) is 13.1 Å². The second-order valence-electron chi connectivity index (χ2n) is 5.01. The fraction of sp³-hybridized carbons (Fsp3) is 0.636. The predicted octanol–water partition coefficient (Wildman–Crippen LogP) is 0.593. The van der Waals surface area contributed by atoms with Crippen molar-refractivity contribution in [3.8, 4) is 0 Å². The molecule has 2 unspecified atom stereocenters. The normalized spacial score (nSPS) is 32.4. The molecule has 1 aliphatic heterocycles. The van der Waals surface area contributed by atoms with Crippen LogP contribution in [-0.4, -0.2) is 30.1 Å². The lowest BCUT2D eigenvalue weighted by atomic mass is 10.1. The second-order valence-corrected chi connectivity index (χ2v) is 5.01. The highest BCUT2D eigenvalue weighted by atomic mass is 16.2. The summed E-state index contributed by atoms with van der Waals surface area (Å²) in [4.78, 5) is 13.6. The number of hydrogen-bond acceptors (Lipinski definition) is 3. The number of rotatable bonds is 2. The zero-order valence-corrected chi connectivity index (χ0v) is 9.16. The third-order valence-corrected chi connectivity index (χ3v) is 3.99. The number of piperidine rings is 1. The number of carbonyl (C=O) groups is 1. The molecule has 2 aliphatic rings. The van der Waals surface area contributed by atoms with Crippen LogP contribution >= 0.6 is 0 Å². The minimum atomic E-state index is -0.101. The number of nitrogens with one attached hydrogen (secondary N) is 1. The van der Waals surface area contributed by atoms with Crippen LogP contribution in [0.5, 0.6) is 0 Å². The molecule has 0 aromatic carbocycles. The van der Waals surface area contributed by atoms with Crippen molar-refractivity contribution < 1.29 is 4.79 Å². The van der Waals surface area contributed by atoms with Crippen LogP contribution in [0.15, 0.2) is 11.8 Å². The van der Waals surface area contributed by atoms with E-state index in [0.717, 1.165) is 19.3 Å². The molecule has 3 N–H and O–H groups in total. The van der Waals surface area contributed by atoms with Gasteiger partial charge in [0, 0.05) is 25.5 Å². The molecular weight excluding hydrogens is 190 g/mol. The van der Waals surface area contributed by atoms with E-state index in [1.54, 1.807) is 0 Å². The molecule has 82 valence electrons. The first-order chi connectivity index (χ1) is 7.02. The summed E-state index contributed by atoms with van der Waals surface area (Å²) in [5.74, 6) is 1.19. The average Bonchev–Trinajstić information content (AvgIpc) is 2.62. The number of likely N-dealkylation sites (tertiary alicyclic amines) is 1. The van der Waals surface area contributed by atoms with Gasteiger partial charge in [-0.2, -0.15) is 0 Å². The minimum absolute atomic E-state index is 0.101. The number of nitrogens with zero attached hydrogens (tertiary/aromatic N) is 1. The molecule has 2 atom stereocenters. The number of carbonyl (C=O) groups excluding carboxylic acids is 1. The molecule has 2 rings (SSSR count). The number of hydrogen-bond donors (Lipinski definition) is 2. The first-order valence-electron chi connectivity index (χ1n) is 5.24. The quantitative estimate of drug-likeness (QED) is 0.514. The van der Waals surface area contributed by atoms with E-state index in [1.165, 1.54) is 6.20 Å². The molecular formula is C11H17N3O. The van der Waals surface area contributed by atoms with E-state index in [2.05, 4.69) is 13.8 Å². The van der Waals surface area contributed by atoms with Crippen molar-refractivity contribution in [3.05, 3.63) is 11.8 Å². The maximum absolute atomic E-state index is 11.8. The number of fused-ring (bicyclic) bond motifs is 1. The highest BCUT2D eigenvalue weighted by Crippen LogP contribution is 2.61. The van der Waals surface area contributed by atoms with Gasteiger partial charge < -0.3 is 16.0 Å². The van der Waals surface area contributed by atoms with E-state index in [-0.39, 0.29) is 11.5 Å². The Bertz CT molecular complexity index is 332. The van der Waals surface area contributed by atoms with E-state index in [0.29, 0.717) is 17.3 Å². The maximum Gasteiger partial charge on any atom is 0.256 e. The van der Waals surface area contributed by atoms with Gasteiger partial charge in [-0.3, -0.25) is 4.79 Å². The van der Waals surface area contributed by atoms with Gasteiger partial charge in [-0.15, -0.1) is 0 Å². The molecule has 0 bridgehead atoms. The van der Waals surface area contributed by atoms with Crippen LogP contribution in [0.2, 0.25) is 0 Å². The Hall–Kier alpha value is -1.32. The topological polar surface area (TPSA) is 70.2 Å². The number of amides is 1. The fourth-order valence-corrected chi connectivity index (χ4v) is 2.66. The fourth-order valence-electron chi connectivity index (χ4n) is 2.66. The van der Waals surface area contributed by atoms with Gasteiger partial charge in [-0.1, -0.05) is 13.8 Å². The third-order valence-electron chi connectivity index (χ3n) is 3.99. The van der Waals surface area contributed by atoms with Crippen LogP contribution in [-0.2, 0) is 4.79 Å². The molecule has 0 spiro atoms. The molecule has 0 aromatic rings. The smallest absolute Gasteiger partial charge is 0.256 e. The van der Waals surface area contributed by atoms with E-state index >= 15 is 0 Å². The monoisotopic (exact) mass is 207 g/mol. The molecule has 0 radical (unpaired) electrons. The highest BCUT2D eigenvalue weighted by Gasteiger charge is 2.62. The van der Waals surface area contributed by atoms with Crippen LogP contribution < -0.4 is 5.73 Å². The lowest BCUT2D eigenvalue weighted by molar-refractivity contribution is -0.126. The van der Waals surface area contributed by atoms with Gasteiger partial charge in [-0.25, -0.2) is 0 Å². The van der Waals surface area contributed by atoms with E-state index in [1.807, 2.05) is 4.90 Å². The molecule has 1 saturated carbocycles. The van der Waals surface area contributed by atoms with Crippen molar-refractivity contribution in [1.82, 2.24) is 4.90 Å². The van der Waals surface area contributed by atoms with Gasteiger partial charge >= 0.3 is 0 Å². The lowest BCUT2D eigenvalue weighted by Gasteiger charge is -2.22. The first kappa shape index (κ1) is 10.2. The summed E-state index contributed by atoms with van der Waals surface area (Å²) in [6, 6.07) is 0. The van der Waals surface area contributed by atoms with Crippen LogP contribution in [0.4, 0.5) is 0 Å². The van der Waals surface area contributed by atoms with Crippen molar-refractivity contribution >= 4 is 12.1 Å². The Morgan fingerprint density at radius 2 is 2.00 bits per heavy atom. The molecule has 1 saturated heterocycles. The summed E-state index contributed by atoms with van der Waals surface area (Å²) in [5.41, 5.74) is 5.99. The summed E-state index contributed by atoms with van der Waals surface area (Å²) in [6.07, 6.45) is 2.24. The Kier molecular flexibility index (Phi) is 2.10. The van der Waals surface area contributed by atoms with E-state index in [9.17, 15) is 4.79 Å². The van der Waals surface area contributed by atoms with Gasteiger partial charge in [0.05, 0.1) is 5.57 Å². The average molecular weight is 207 g/mol. The van der Waals surface area contributed by atoms with Crippen molar-refractivity contribution in [3.63, 3.8) is 0 Å². The summed E-state index contributed by atoms with van der Waals surface area (Å²) in [7, 11) is 0. The van der Waals surface area contributed by atoms with Gasteiger partial charge in [0.1, 0.15) is 0 Å². The standard InChI is InChI=1S/C11H17N3O/c1-11(2)8-5-14(6-9(8)11)10(15)7(3-12)4-13/h3-4,8-9,12H,5-6,13H2,1-2H3/b7-4+,12-3?. The van der Waals surface area contributed by atoms with Crippen LogP contribution in [0, 0.1) is 22.7 Å². The molecule has 0 aromatic heterocycles. The SMILES string of the molecule is CC1(C)C2CN(C(=O)/C(C=N)=C/N)CC21. The van der Waals surface area contributed by atoms with Gasteiger partial charge in [-0.05, 0) is 17.3 Å². The Morgan fingerprint density at radius 1 is 1.47 bits per heavy atom. The molecule has 4 heteroatoms. The van der Waals surface area contributed by atoms with E-state index < -0.39 is 0 Å². The first-order valence-corrected chi connectivity index (χ1v) is 5.24. The predicted molar refractivity (Wildman–Crippen MR) is 58.4 cm³/mol. The van der Waals surface area contributed by atoms with Gasteiger partial charge in [0.2, 0.25) is 0 Å². The van der Waals surface area contributed by atoms with Crippen molar-refractivity contribution in [2.45, 2.75) is 13.8 Å². The zero-order valence-electron chi connectivity index (χ0n) is 9.16. The molecule has 1 amide bonds. The maximum atomic E-state index is 11.8. The number of nitrogens with two attached hydrogens (primary N) is 1. The van der Waals surface area contributed by atoms with Gasteiger partial charge in [0.25, 0.3) is 5.91 Å². The Balaban J connectivity index is 2.00. The summed E-state index contributed by atoms with van der Waals surface area (Å²) in [5, 5.41) is 7.07. The summed E-state index contributed by atoms with van der Waals surface area (Å²) < 4.78 is 0. The van der Waals surface area contributed by atoms with Crippen molar-refractivity contribution in [1.29, 1.82) is 5.41 Å². The molecule has 15 heavy (non-hydrogen) atoms. The van der Waals surface area contributed by atoms with Crippen LogP contribution in [0.1, 0.15) is 13.8 Å². The van der Waals surface area contributed by atoms with Crippen LogP contribution in [0.25, 0.3) is 0 Å².